The number of rotatable bonds is 6. The van der Waals surface area contributed by atoms with Crippen molar-refractivity contribution in [2.24, 2.45) is 0 Å². The van der Waals surface area contributed by atoms with Crippen molar-refractivity contribution >= 4 is 17.4 Å². The van der Waals surface area contributed by atoms with Crippen molar-refractivity contribution in [2.45, 2.75) is 32.6 Å². The van der Waals surface area contributed by atoms with Crippen molar-refractivity contribution in [1.82, 2.24) is 9.97 Å². The van der Waals surface area contributed by atoms with Gasteiger partial charge in [-0.1, -0.05) is 55.8 Å². The molecule has 2 rings (SSSR count). The van der Waals surface area contributed by atoms with Crippen LogP contribution in [0.15, 0.2) is 36.4 Å². The number of aromatic nitrogens is 2. The van der Waals surface area contributed by atoms with Gasteiger partial charge in [-0.2, -0.15) is 0 Å². The molecule has 2 aromatic rings. The van der Waals surface area contributed by atoms with E-state index >= 15 is 0 Å². The van der Waals surface area contributed by atoms with E-state index in [1.807, 2.05) is 6.07 Å². The van der Waals surface area contributed by atoms with Crippen LogP contribution < -0.4 is 5.32 Å². The summed E-state index contributed by atoms with van der Waals surface area (Å²) in [5.74, 6) is 2.02. The SMILES string of the molecule is CCCc1nc(Cl)cc(NCC(C)c2ccccc2)n1. The number of halogens is 1. The van der Waals surface area contributed by atoms with Crippen molar-refractivity contribution in [1.29, 1.82) is 0 Å². The summed E-state index contributed by atoms with van der Waals surface area (Å²) >= 11 is 6.03. The smallest absolute Gasteiger partial charge is 0.134 e. The van der Waals surface area contributed by atoms with Gasteiger partial charge in [0, 0.05) is 19.0 Å². The van der Waals surface area contributed by atoms with Crippen LogP contribution in [0.25, 0.3) is 0 Å². The highest BCUT2D eigenvalue weighted by molar-refractivity contribution is 6.29. The number of hydrogen-bond donors (Lipinski definition) is 1. The molecule has 106 valence electrons. The van der Waals surface area contributed by atoms with Gasteiger partial charge in [0.15, 0.2) is 0 Å². The molecule has 1 aromatic carbocycles. The average molecular weight is 290 g/mol. The second-order valence-electron chi connectivity index (χ2n) is 4.93. The molecule has 1 aromatic heterocycles. The fourth-order valence-corrected chi connectivity index (χ4v) is 2.25. The Morgan fingerprint density at radius 2 is 1.95 bits per heavy atom. The van der Waals surface area contributed by atoms with E-state index in [1.165, 1.54) is 5.56 Å². The lowest BCUT2D eigenvalue weighted by Crippen LogP contribution is -2.12. The van der Waals surface area contributed by atoms with Crippen molar-refractivity contribution in [2.75, 3.05) is 11.9 Å². The molecule has 0 aliphatic rings. The molecule has 1 heterocycles. The van der Waals surface area contributed by atoms with Crippen molar-refractivity contribution in [3.8, 4) is 0 Å². The largest absolute Gasteiger partial charge is 0.369 e. The van der Waals surface area contributed by atoms with E-state index in [9.17, 15) is 0 Å². The van der Waals surface area contributed by atoms with Crippen LogP contribution >= 0.6 is 11.6 Å². The quantitative estimate of drug-likeness (QED) is 0.806. The van der Waals surface area contributed by atoms with Gasteiger partial charge in [0.25, 0.3) is 0 Å². The van der Waals surface area contributed by atoms with Crippen LogP contribution in [0, 0.1) is 0 Å². The van der Waals surface area contributed by atoms with E-state index in [1.54, 1.807) is 6.07 Å². The summed E-state index contributed by atoms with van der Waals surface area (Å²) < 4.78 is 0. The lowest BCUT2D eigenvalue weighted by Gasteiger charge is -2.14. The monoisotopic (exact) mass is 289 g/mol. The predicted molar refractivity (Wildman–Crippen MR) is 84.4 cm³/mol. The first kappa shape index (κ1) is 14.8. The fourth-order valence-electron chi connectivity index (χ4n) is 2.05. The number of aryl methyl sites for hydroxylation is 1. The summed E-state index contributed by atoms with van der Waals surface area (Å²) in [6.45, 7) is 5.12. The zero-order chi connectivity index (χ0) is 14.4. The lowest BCUT2D eigenvalue weighted by molar-refractivity contribution is 0.792. The minimum absolute atomic E-state index is 0.416. The first-order valence-electron chi connectivity index (χ1n) is 7.01. The number of nitrogens with zero attached hydrogens (tertiary/aromatic N) is 2. The predicted octanol–water partition coefficient (Wildman–Crippen LogP) is 4.30. The summed E-state index contributed by atoms with van der Waals surface area (Å²) in [5, 5.41) is 3.85. The maximum absolute atomic E-state index is 6.03. The van der Waals surface area contributed by atoms with Gasteiger partial charge in [-0.15, -0.1) is 0 Å². The molecule has 3 nitrogen and oxygen atoms in total. The van der Waals surface area contributed by atoms with E-state index in [-0.39, 0.29) is 0 Å². The summed E-state index contributed by atoms with van der Waals surface area (Å²) in [4.78, 5) is 8.71. The van der Waals surface area contributed by atoms with Crippen LogP contribution in [0.1, 0.15) is 37.6 Å². The minimum atomic E-state index is 0.416. The third-order valence-corrected chi connectivity index (χ3v) is 3.37. The molecule has 1 N–H and O–H groups in total. The Labute approximate surface area is 125 Å². The summed E-state index contributed by atoms with van der Waals surface area (Å²) in [6, 6.07) is 12.2. The zero-order valence-corrected chi connectivity index (χ0v) is 12.7. The summed E-state index contributed by atoms with van der Waals surface area (Å²) in [5.41, 5.74) is 1.31. The Morgan fingerprint density at radius 3 is 2.65 bits per heavy atom. The number of nitrogens with one attached hydrogen (secondary N) is 1. The Hall–Kier alpha value is -1.61. The highest BCUT2D eigenvalue weighted by Crippen LogP contribution is 2.17. The maximum Gasteiger partial charge on any atom is 0.134 e. The summed E-state index contributed by atoms with van der Waals surface area (Å²) in [7, 11) is 0. The van der Waals surface area contributed by atoms with Crippen LogP contribution in [0.5, 0.6) is 0 Å². The molecule has 0 aliphatic heterocycles. The molecule has 0 bridgehead atoms. The number of benzene rings is 1. The van der Waals surface area contributed by atoms with Gasteiger partial charge in [-0.3, -0.25) is 0 Å². The van der Waals surface area contributed by atoms with E-state index in [4.69, 9.17) is 11.6 Å². The van der Waals surface area contributed by atoms with Crippen molar-refractivity contribution in [3.05, 3.63) is 52.9 Å². The molecule has 0 fully saturated rings. The van der Waals surface area contributed by atoms with Crippen LogP contribution in [0.3, 0.4) is 0 Å². The highest BCUT2D eigenvalue weighted by atomic mass is 35.5. The second kappa shape index (κ2) is 7.25. The van der Waals surface area contributed by atoms with Gasteiger partial charge in [-0.25, -0.2) is 9.97 Å². The maximum atomic E-state index is 6.03. The second-order valence-corrected chi connectivity index (χ2v) is 5.32. The molecule has 0 spiro atoms. The number of hydrogen-bond acceptors (Lipinski definition) is 3. The van der Waals surface area contributed by atoms with Crippen LogP contribution in [-0.4, -0.2) is 16.5 Å². The van der Waals surface area contributed by atoms with Gasteiger partial charge in [-0.05, 0) is 17.9 Å². The van der Waals surface area contributed by atoms with Gasteiger partial charge in [0.2, 0.25) is 0 Å². The Morgan fingerprint density at radius 1 is 1.20 bits per heavy atom. The average Bonchev–Trinajstić information content (AvgIpc) is 2.45. The van der Waals surface area contributed by atoms with Gasteiger partial charge < -0.3 is 5.32 Å². The zero-order valence-electron chi connectivity index (χ0n) is 11.9. The van der Waals surface area contributed by atoms with Crippen LogP contribution in [-0.2, 0) is 6.42 Å². The molecule has 20 heavy (non-hydrogen) atoms. The van der Waals surface area contributed by atoms with Crippen LogP contribution in [0.2, 0.25) is 5.15 Å². The summed E-state index contributed by atoms with van der Waals surface area (Å²) in [6.07, 6.45) is 1.86. The Kier molecular flexibility index (Phi) is 5.36. The molecule has 0 saturated heterocycles. The molecular weight excluding hydrogens is 270 g/mol. The van der Waals surface area contributed by atoms with E-state index in [0.29, 0.717) is 11.1 Å². The highest BCUT2D eigenvalue weighted by Gasteiger charge is 2.07. The van der Waals surface area contributed by atoms with Gasteiger partial charge in [0.05, 0.1) is 0 Å². The molecule has 0 saturated carbocycles. The van der Waals surface area contributed by atoms with Crippen LogP contribution in [0.4, 0.5) is 5.82 Å². The number of anilines is 1. The molecule has 1 unspecified atom stereocenters. The fraction of sp³-hybridized carbons (Fsp3) is 0.375. The normalized spacial score (nSPS) is 12.2. The van der Waals surface area contributed by atoms with Gasteiger partial charge >= 0.3 is 0 Å². The Bertz CT molecular complexity index is 543. The van der Waals surface area contributed by atoms with Crippen molar-refractivity contribution in [3.63, 3.8) is 0 Å². The minimum Gasteiger partial charge on any atom is -0.369 e. The molecule has 4 heteroatoms. The third kappa shape index (κ3) is 4.20. The van der Waals surface area contributed by atoms with E-state index in [2.05, 4.69) is 53.4 Å². The molecule has 0 amide bonds. The van der Waals surface area contributed by atoms with Crippen molar-refractivity contribution < 1.29 is 0 Å². The molecule has 0 aliphatic carbocycles. The lowest BCUT2D eigenvalue weighted by atomic mass is 10.0. The van der Waals surface area contributed by atoms with E-state index < -0.39 is 0 Å². The standard InChI is InChI=1S/C16H20ClN3/c1-3-7-15-19-14(17)10-16(20-15)18-11-12(2)13-8-5-4-6-9-13/h4-6,8-10,12H,3,7,11H2,1-2H3,(H,18,19,20). The molecule has 1 atom stereocenters. The first-order chi connectivity index (χ1) is 9.69. The Balaban J connectivity index is 2.00. The van der Waals surface area contributed by atoms with Gasteiger partial charge in [0.1, 0.15) is 16.8 Å². The molecular formula is C16H20ClN3. The third-order valence-electron chi connectivity index (χ3n) is 3.17. The topological polar surface area (TPSA) is 37.8 Å². The molecule has 0 radical (unpaired) electrons. The first-order valence-corrected chi connectivity index (χ1v) is 7.39. The van der Waals surface area contributed by atoms with E-state index in [0.717, 1.165) is 31.0 Å².